The van der Waals surface area contributed by atoms with Crippen LogP contribution in [0.3, 0.4) is 0 Å². The Bertz CT molecular complexity index is 507. The van der Waals surface area contributed by atoms with E-state index < -0.39 is 0 Å². The fourth-order valence-corrected chi connectivity index (χ4v) is 2.86. The van der Waals surface area contributed by atoms with E-state index >= 15 is 0 Å². The van der Waals surface area contributed by atoms with Gasteiger partial charge in [-0.2, -0.15) is 0 Å². The van der Waals surface area contributed by atoms with Crippen molar-refractivity contribution < 1.29 is 0 Å². The van der Waals surface area contributed by atoms with Crippen molar-refractivity contribution in [3.05, 3.63) is 35.2 Å². The molecule has 0 aliphatic heterocycles. The Balaban J connectivity index is 1.95. The molecule has 1 aromatic carbocycles. The minimum absolute atomic E-state index is 0.379. The molecule has 0 radical (unpaired) electrons. The molecule has 2 aromatic rings. The van der Waals surface area contributed by atoms with Crippen LogP contribution >= 0.6 is 11.3 Å². The second-order valence-electron chi connectivity index (χ2n) is 6.16. The second-order valence-corrected chi connectivity index (χ2v) is 7.07. The lowest BCUT2D eigenvalue weighted by molar-refractivity contribution is 0.252. The summed E-state index contributed by atoms with van der Waals surface area (Å²) in [6.45, 7) is 11.3. The van der Waals surface area contributed by atoms with Gasteiger partial charge in [0.2, 0.25) is 0 Å². The summed E-state index contributed by atoms with van der Waals surface area (Å²) >= 11 is 1.84. The zero-order valence-electron chi connectivity index (χ0n) is 11.8. The molecule has 2 rings (SSSR count). The molecule has 1 aromatic heterocycles. The second kappa shape index (κ2) is 5.41. The molecule has 98 valence electrons. The number of rotatable bonds is 4. The van der Waals surface area contributed by atoms with Crippen LogP contribution in [0.25, 0.3) is 10.1 Å². The van der Waals surface area contributed by atoms with E-state index in [1.54, 1.807) is 0 Å². The Morgan fingerprint density at radius 3 is 2.67 bits per heavy atom. The van der Waals surface area contributed by atoms with E-state index in [0.29, 0.717) is 11.3 Å². The predicted molar refractivity (Wildman–Crippen MR) is 82.2 cm³/mol. The summed E-state index contributed by atoms with van der Waals surface area (Å²) in [6, 6.07) is 8.64. The van der Waals surface area contributed by atoms with Crippen LogP contribution in [-0.2, 0) is 6.54 Å². The fraction of sp³-hybridized carbons (Fsp3) is 0.500. The standard InChI is InChI=1S/C16H23NS/c1-12(16(2,3)4)9-17-10-13-11-18-15-8-6-5-7-14(13)15/h5-8,11-12,17H,9-10H2,1-4H3. The van der Waals surface area contributed by atoms with Crippen molar-refractivity contribution in [2.75, 3.05) is 6.54 Å². The molecule has 0 saturated carbocycles. The quantitative estimate of drug-likeness (QED) is 0.843. The molecule has 18 heavy (non-hydrogen) atoms. The maximum atomic E-state index is 3.59. The van der Waals surface area contributed by atoms with Gasteiger partial charge in [0.25, 0.3) is 0 Å². The van der Waals surface area contributed by atoms with Crippen LogP contribution in [0.4, 0.5) is 0 Å². The van der Waals surface area contributed by atoms with Crippen LogP contribution in [0.2, 0.25) is 0 Å². The average molecular weight is 261 g/mol. The lowest BCUT2D eigenvalue weighted by Crippen LogP contribution is -2.29. The third-order valence-electron chi connectivity index (χ3n) is 3.81. The Labute approximate surface area is 114 Å². The molecule has 1 N–H and O–H groups in total. The Hall–Kier alpha value is -0.860. The number of benzene rings is 1. The molecule has 2 heteroatoms. The molecule has 0 saturated heterocycles. The predicted octanol–water partition coefficient (Wildman–Crippen LogP) is 4.67. The van der Waals surface area contributed by atoms with Crippen molar-refractivity contribution >= 4 is 21.4 Å². The molecule has 1 heterocycles. The van der Waals surface area contributed by atoms with Crippen LogP contribution in [0.15, 0.2) is 29.6 Å². The van der Waals surface area contributed by atoms with Crippen molar-refractivity contribution in [1.82, 2.24) is 5.32 Å². The van der Waals surface area contributed by atoms with E-state index in [-0.39, 0.29) is 0 Å². The van der Waals surface area contributed by atoms with E-state index in [1.807, 2.05) is 11.3 Å². The zero-order valence-corrected chi connectivity index (χ0v) is 12.6. The summed E-state index contributed by atoms with van der Waals surface area (Å²) in [7, 11) is 0. The molecule has 1 atom stereocenters. The number of fused-ring (bicyclic) bond motifs is 1. The SMILES string of the molecule is CC(CNCc1csc2ccccc12)C(C)(C)C. The van der Waals surface area contributed by atoms with Gasteiger partial charge in [-0.15, -0.1) is 11.3 Å². The minimum Gasteiger partial charge on any atom is -0.312 e. The van der Waals surface area contributed by atoms with E-state index in [0.717, 1.165) is 13.1 Å². The van der Waals surface area contributed by atoms with Gasteiger partial charge in [-0.3, -0.25) is 0 Å². The molecule has 0 spiro atoms. The van der Waals surface area contributed by atoms with Crippen molar-refractivity contribution in [3.8, 4) is 0 Å². The highest BCUT2D eigenvalue weighted by molar-refractivity contribution is 7.17. The van der Waals surface area contributed by atoms with Crippen molar-refractivity contribution in [1.29, 1.82) is 0 Å². The van der Waals surface area contributed by atoms with Gasteiger partial charge >= 0.3 is 0 Å². The van der Waals surface area contributed by atoms with E-state index in [2.05, 4.69) is 62.7 Å². The third kappa shape index (κ3) is 3.12. The van der Waals surface area contributed by atoms with Crippen LogP contribution in [-0.4, -0.2) is 6.54 Å². The summed E-state index contributed by atoms with van der Waals surface area (Å²) < 4.78 is 1.39. The van der Waals surface area contributed by atoms with Gasteiger partial charge in [0.1, 0.15) is 0 Å². The maximum absolute atomic E-state index is 3.59. The third-order valence-corrected chi connectivity index (χ3v) is 4.82. The number of thiophene rings is 1. The highest BCUT2D eigenvalue weighted by Crippen LogP contribution is 2.26. The first kappa shape index (κ1) is 13.6. The summed E-state index contributed by atoms with van der Waals surface area (Å²) in [5.74, 6) is 0.683. The van der Waals surface area contributed by atoms with E-state index in [9.17, 15) is 0 Å². The largest absolute Gasteiger partial charge is 0.312 e. The van der Waals surface area contributed by atoms with E-state index in [4.69, 9.17) is 0 Å². The molecular formula is C16H23NS. The lowest BCUT2D eigenvalue weighted by atomic mass is 9.82. The van der Waals surface area contributed by atoms with Crippen molar-refractivity contribution in [3.63, 3.8) is 0 Å². The molecule has 0 aliphatic rings. The summed E-state index contributed by atoms with van der Waals surface area (Å²) in [6.07, 6.45) is 0. The highest BCUT2D eigenvalue weighted by atomic mass is 32.1. The first-order valence-corrected chi connectivity index (χ1v) is 7.52. The normalized spacial score (nSPS) is 14.0. The molecular weight excluding hydrogens is 238 g/mol. The zero-order chi connectivity index (χ0) is 13.2. The van der Waals surface area contributed by atoms with Gasteiger partial charge in [-0.05, 0) is 40.3 Å². The number of hydrogen-bond acceptors (Lipinski definition) is 2. The highest BCUT2D eigenvalue weighted by Gasteiger charge is 2.19. The van der Waals surface area contributed by atoms with Gasteiger partial charge in [0.15, 0.2) is 0 Å². The smallest absolute Gasteiger partial charge is 0.0346 e. The lowest BCUT2D eigenvalue weighted by Gasteiger charge is -2.27. The topological polar surface area (TPSA) is 12.0 Å². The van der Waals surface area contributed by atoms with Crippen molar-refractivity contribution in [2.24, 2.45) is 11.3 Å². The molecule has 1 nitrogen and oxygen atoms in total. The van der Waals surface area contributed by atoms with Gasteiger partial charge in [0.05, 0.1) is 0 Å². The maximum Gasteiger partial charge on any atom is 0.0346 e. The molecule has 0 aliphatic carbocycles. The van der Waals surface area contributed by atoms with E-state index in [1.165, 1.54) is 15.6 Å². The first-order chi connectivity index (χ1) is 8.48. The average Bonchev–Trinajstić information content (AvgIpc) is 2.71. The van der Waals surface area contributed by atoms with Crippen molar-refractivity contribution in [2.45, 2.75) is 34.2 Å². The number of hydrogen-bond donors (Lipinski definition) is 1. The molecule has 0 bridgehead atoms. The summed E-state index contributed by atoms with van der Waals surface area (Å²) in [5.41, 5.74) is 1.81. The Morgan fingerprint density at radius 2 is 1.94 bits per heavy atom. The summed E-state index contributed by atoms with van der Waals surface area (Å²) in [5, 5.41) is 7.27. The van der Waals surface area contributed by atoms with Crippen LogP contribution in [0, 0.1) is 11.3 Å². The first-order valence-electron chi connectivity index (χ1n) is 6.64. The Kier molecular flexibility index (Phi) is 4.08. The monoisotopic (exact) mass is 261 g/mol. The number of nitrogens with one attached hydrogen (secondary N) is 1. The van der Waals surface area contributed by atoms with Crippen LogP contribution < -0.4 is 5.32 Å². The molecule has 0 fully saturated rings. The van der Waals surface area contributed by atoms with Crippen LogP contribution in [0.1, 0.15) is 33.3 Å². The van der Waals surface area contributed by atoms with Gasteiger partial charge in [0, 0.05) is 11.2 Å². The van der Waals surface area contributed by atoms with Gasteiger partial charge in [-0.1, -0.05) is 45.9 Å². The summed E-state index contributed by atoms with van der Waals surface area (Å²) in [4.78, 5) is 0. The van der Waals surface area contributed by atoms with Gasteiger partial charge in [-0.25, -0.2) is 0 Å². The fourth-order valence-electron chi connectivity index (χ4n) is 1.90. The molecule has 0 amide bonds. The van der Waals surface area contributed by atoms with Crippen LogP contribution in [0.5, 0.6) is 0 Å². The minimum atomic E-state index is 0.379. The molecule has 1 unspecified atom stereocenters. The Morgan fingerprint density at radius 1 is 1.22 bits per heavy atom. The van der Waals surface area contributed by atoms with Gasteiger partial charge < -0.3 is 5.32 Å².